The molecular formula is C7H12N4O. The maximum absolute atomic E-state index is 5.62. The van der Waals surface area contributed by atoms with Crippen LogP contribution in [-0.4, -0.2) is 31.2 Å². The molecule has 0 saturated carbocycles. The van der Waals surface area contributed by atoms with Crippen LogP contribution < -0.4 is 15.4 Å². The van der Waals surface area contributed by atoms with Gasteiger partial charge in [0, 0.05) is 14.1 Å². The van der Waals surface area contributed by atoms with Crippen molar-refractivity contribution >= 4 is 11.5 Å². The summed E-state index contributed by atoms with van der Waals surface area (Å²) in [4.78, 5) is 9.72. The van der Waals surface area contributed by atoms with Gasteiger partial charge in [-0.1, -0.05) is 0 Å². The van der Waals surface area contributed by atoms with Crippen LogP contribution in [0.3, 0.4) is 0 Å². The molecule has 1 rings (SSSR count). The van der Waals surface area contributed by atoms with Crippen LogP contribution in [0.2, 0.25) is 0 Å². The van der Waals surface area contributed by atoms with E-state index in [1.54, 1.807) is 4.90 Å². The van der Waals surface area contributed by atoms with Crippen LogP contribution in [0.4, 0.5) is 11.5 Å². The molecule has 2 N–H and O–H groups in total. The molecule has 0 aliphatic rings. The molecule has 12 heavy (non-hydrogen) atoms. The number of nitrogens with zero attached hydrogens (tertiary/aromatic N) is 3. The van der Waals surface area contributed by atoms with E-state index in [2.05, 4.69) is 9.97 Å². The lowest BCUT2D eigenvalue weighted by atomic mass is 10.5. The molecule has 1 heterocycles. The Labute approximate surface area is 71.2 Å². The number of rotatable bonds is 2. The molecule has 0 atom stereocenters. The Bertz CT molecular complexity index is 274. The molecule has 0 aliphatic carbocycles. The van der Waals surface area contributed by atoms with E-state index in [0.717, 1.165) is 0 Å². The Morgan fingerprint density at radius 2 is 2.17 bits per heavy atom. The summed E-state index contributed by atoms with van der Waals surface area (Å²) in [6.07, 6.45) is 1.53. The molecule has 0 saturated heterocycles. The summed E-state index contributed by atoms with van der Waals surface area (Å²) in [6.45, 7) is 0. The zero-order chi connectivity index (χ0) is 9.14. The van der Waals surface area contributed by atoms with E-state index < -0.39 is 0 Å². The summed E-state index contributed by atoms with van der Waals surface area (Å²) in [7, 11) is 5.24. The number of methoxy groups -OCH3 is 1. The number of aromatic nitrogens is 2. The van der Waals surface area contributed by atoms with Gasteiger partial charge in [-0.3, -0.25) is 0 Å². The van der Waals surface area contributed by atoms with Gasteiger partial charge in [0.25, 0.3) is 0 Å². The van der Waals surface area contributed by atoms with Gasteiger partial charge in [-0.25, -0.2) is 4.98 Å². The molecule has 0 fully saturated rings. The molecule has 0 amide bonds. The highest BCUT2D eigenvalue weighted by Crippen LogP contribution is 2.18. The maximum Gasteiger partial charge on any atom is 0.318 e. The predicted octanol–water partition coefficient (Wildman–Crippen LogP) is 0.133. The summed E-state index contributed by atoms with van der Waals surface area (Å²) in [5.41, 5.74) is 6.17. The third kappa shape index (κ3) is 1.55. The van der Waals surface area contributed by atoms with E-state index in [-0.39, 0.29) is 0 Å². The van der Waals surface area contributed by atoms with Gasteiger partial charge in [0.15, 0.2) is 5.82 Å². The smallest absolute Gasteiger partial charge is 0.318 e. The Morgan fingerprint density at radius 3 is 2.67 bits per heavy atom. The lowest BCUT2D eigenvalue weighted by molar-refractivity contribution is 0.380. The molecule has 0 unspecified atom stereocenters. The highest BCUT2D eigenvalue weighted by atomic mass is 16.5. The topological polar surface area (TPSA) is 64.3 Å². The van der Waals surface area contributed by atoms with Gasteiger partial charge in [-0.2, -0.15) is 4.98 Å². The van der Waals surface area contributed by atoms with Gasteiger partial charge in [0.1, 0.15) is 0 Å². The molecule has 5 heteroatoms. The fraction of sp³-hybridized carbons (Fsp3) is 0.429. The second-order valence-corrected chi connectivity index (χ2v) is 2.53. The Balaban J connectivity index is 3.08. The van der Waals surface area contributed by atoms with Crippen molar-refractivity contribution in [1.82, 2.24) is 9.97 Å². The second-order valence-electron chi connectivity index (χ2n) is 2.53. The molecule has 0 bridgehead atoms. The van der Waals surface area contributed by atoms with Crippen molar-refractivity contribution in [2.45, 2.75) is 0 Å². The van der Waals surface area contributed by atoms with E-state index in [1.165, 1.54) is 13.3 Å². The van der Waals surface area contributed by atoms with Crippen molar-refractivity contribution in [3.63, 3.8) is 0 Å². The third-order valence-electron chi connectivity index (χ3n) is 1.38. The monoisotopic (exact) mass is 168 g/mol. The van der Waals surface area contributed by atoms with Crippen molar-refractivity contribution < 1.29 is 4.74 Å². The molecule has 5 nitrogen and oxygen atoms in total. The zero-order valence-corrected chi connectivity index (χ0v) is 7.40. The first-order chi connectivity index (χ1) is 5.65. The predicted molar refractivity (Wildman–Crippen MR) is 47.3 cm³/mol. The SMILES string of the molecule is COc1ncc(N)c(N(C)C)n1. The first kappa shape index (κ1) is 8.58. The van der Waals surface area contributed by atoms with Gasteiger partial charge in [0.05, 0.1) is 19.0 Å². The number of hydrogen-bond acceptors (Lipinski definition) is 5. The summed E-state index contributed by atoms with van der Waals surface area (Å²) in [6, 6.07) is 0.327. The number of nitrogen functional groups attached to an aromatic ring is 1. The first-order valence-electron chi connectivity index (χ1n) is 3.49. The van der Waals surface area contributed by atoms with Crippen molar-refractivity contribution in [1.29, 1.82) is 0 Å². The summed E-state index contributed by atoms with van der Waals surface area (Å²) < 4.78 is 4.86. The molecule has 66 valence electrons. The zero-order valence-electron chi connectivity index (χ0n) is 7.40. The summed E-state index contributed by atoms with van der Waals surface area (Å²) >= 11 is 0. The molecular weight excluding hydrogens is 156 g/mol. The van der Waals surface area contributed by atoms with Gasteiger partial charge >= 0.3 is 6.01 Å². The minimum Gasteiger partial charge on any atom is -0.467 e. The quantitative estimate of drug-likeness (QED) is 0.680. The van der Waals surface area contributed by atoms with E-state index in [4.69, 9.17) is 10.5 Å². The lowest BCUT2D eigenvalue weighted by Gasteiger charge is -2.13. The fourth-order valence-electron chi connectivity index (χ4n) is 0.823. The highest BCUT2D eigenvalue weighted by Gasteiger charge is 2.05. The minimum absolute atomic E-state index is 0.327. The normalized spacial score (nSPS) is 9.58. The number of anilines is 2. The second kappa shape index (κ2) is 3.25. The van der Waals surface area contributed by atoms with Crippen LogP contribution in [0.15, 0.2) is 6.20 Å². The van der Waals surface area contributed by atoms with Crippen LogP contribution in [0.1, 0.15) is 0 Å². The molecule has 0 aromatic carbocycles. The molecule has 0 aliphatic heterocycles. The third-order valence-corrected chi connectivity index (χ3v) is 1.38. The van der Waals surface area contributed by atoms with Crippen molar-refractivity contribution in [3.05, 3.63) is 6.20 Å². The molecule has 0 radical (unpaired) electrons. The lowest BCUT2D eigenvalue weighted by Crippen LogP contribution is -2.13. The van der Waals surface area contributed by atoms with Crippen LogP contribution in [0, 0.1) is 0 Å². The van der Waals surface area contributed by atoms with Crippen molar-refractivity contribution in [2.24, 2.45) is 0 Å². The van der Waals surface area contributed by atoms with Gasteiger partial charge in [0.2, 0.25) is 0 Å². The van der Waals surface area contributed by atoms with E-state index >= 15 is 0 Å². The highest BCUT2D eigenvalue weighted by molar-refractivity contribution is 5.60. The first-order valence-corrected chi connectivity index (χ1v) is 3.49. The van der Waals surface area contributed by atoms with Crippen molar-refractivity contribution in [2.75, 3.05) is 31.8 Å². The standard InChI is InChI=1S/C7H12N4O/c1-11(2)6-5(8)4-9-7(10-6)12-3/h4H,8H2,1-3H3. The van der Waals surface area contributed by atoms with Crippen LogP contribution in [0.5, 0.6) is 6.01 Å². The molecule has 0 spiro atoms. The number of hydrogen-bond donors (Lipinski definition) is 1. The van der Waals surface area contributed by atoms with Gasteiger partial charge in [-0.05, 0) is 0 Å². The Morgan fingerprint density at radius 1 is 1.50 bits per heavy atom. The average molecular weight is 168 g/mol. The van der Waals surface area contributed by atoms with E-state index in [1.807, 2.05) is 14.1 Å². The molecule has 1 aromatic heterocycles. The van der Waals surface area contributed by atoms with E-state index in [9.17, 15) is 0 Å². The molecule has 1 aromatic rings. The largest absolute Gasteiger partial charge is 0.467 e. The van der Waals surface area contributed by atoms with Gasteiger partial charge in [-0.15, -0.1) is 0 Å². The van der Waals surface area contributed by atoms with Crippen LogP contribution in [-0.2, 0) is 0 Å². The Kier molecular flexibility index (Phi) is 2.32. The Hall–Kier alpha value is -1.52. The summed E-state index contributed by atoms with van der Waals surface area (Å²) in [5.74, 6) is 0.668. The maximum atomic E-state index is 5.62. The number of ether oxygens (including phenoxy) is 1. The van der Waals surface area contributed by atoms with Crippen LogP contribution in [0.25, 0.3) is 0 Å². The minimum atomic E-state index is 0.327. The van der Waals surface area contributed by atoms with Gasteiger partial charge < -0.3 is 15.4 Å². The van der Waals surface area contributed by atoms with E-state index in [0.29, 0.717) is 17.5 Å². The number of nitrogens with two attached hydrogens (primary N) is 1. The average Bonchev–Trinajstić information content (AvgIpc) is 2.05. The summed E-state index contributed by atoms with van der Waals surface area (Å²) in [5, 5.41) is 0. The van der Waals surface area contributed by atoms with Crippen molar-refractivity contribution in [3.8, 4) is 6.01 Å². The van der Waals surface area contributed by atoms with Crippen LogP contribution >= 0.6 is 0 Å². The fourth-order valence-corrected chi connectivity index (χ4v) is 0.823.